The molecule has 2 aromatic carbocycles. The van der Waals surface area contributed by atoms with Gasteiger partial charge in [0.15, 0.2) is 0 Å². The Hall–Kier alpha value is -3.66. The number of nitrogens with zero attached hydrogens (tertiary/aromatic N) is 3. The van der Waals surface area contributed by atoms with E-state index in [1.165, 1.54) is 7.11 Å². The van der Waals surface area contributed by atoms with E-state index in [1.807, 2.05) is 19.3 Å². The Bertz CT molecular complexity index is 1710. The third-order valence-corrected chi connectivity index (χ3v) is 9.82. The Balaban J connectivity index is 1.02. The van der Waals surface area contributed by atoms with Crippen LogP contribution in [-0.4, -0.2) is 40.0 Å². The maximum Gasteiger partial charge on any atom is 0.338 e. The van der Waals surface area contributed by atoms with Crippen LogP contribution in [0.3, 0.4) is 0 Å². The molecule has 0 radical (unpaired) electrons. The second-order valence-corrected chi connectivity index (χ2v) is 12.9. The second-order valence-electron chi connectivity index (χ2n) is 12.1. The molecule has 2 bridgehead atoms. The minimum Gasteiger partial charge on any atom is -0.465 e. The largest absolute Gasteiger partial charge is 0.465 e. The van der Waals surface area contributed by atoms with Crippen molar-refractivity contribution in [3.63, 3.8) is 0 Å². The van der Waals surface area contributed by atoms with Gasteiger partial charge in [-0.25, -0.2) is 4.79 Å². The first-order valence-electron chi connectivity index (χ1n) is 14.9. The van der Waals surface area contributed by atoms with Crippen molar-refractivity contribution >= 4 is 40.8 Å². The molecule has 1 amide bonds. The van der Waals surface area contributed by atoms with Gasteiger partial charge < -0.3 is 19.3 Å². The SMILES string of the molecule is COC(=O)c1ccc(NC(=O)C2C3CC(OCc4c(-c5c(Cl)cccc5Cl)noc4C4CC4)CC2C3)cc1-c1cnn(C)c1. The maximum atomic E-state index is 13.5. The Kier molecular flexibility index (Phi) is 7.72. The summed E-state index contributed by atoms with van der Waals surface area (Å²) in [4.78, 5) is 25.9. The predicted octanol–water partition coefficient (Wildman–Crippen LogP) is 7.28. The highest BCUT2D eigenvalue weighted by Gasteiger charge is 2.51. The third kappa shape index (κ3) is 5.42. The van der Waals surface area contributed by atoms with Crippen molar-refractivity contribution in [2.45, 2.75) is 50.7 Å². The molecule has 0 spiro atoms. The van der Waals surface area contributed by atoms with E-state index in [0.29, 0.717) is 50.6 Å². The predicted molar refractivity (Wildman–Crippen MR) is 165 cm³/mol. The van der Waals surface area contributed by atoms with Crippen LogP contribution in [0, 0.1) is 17.8 Å². The molecule has 44 heavy (non-hydrogen) atoms. The van der Waals surface area contributed by atoms with Crippen molar-refractivity contribution in [1.29, 1.82) is 0 Å². The lowest BCUT2D eigenvalue weighted by atomic mass is 9.56. The minimum absolute atomic E-state index is 0.00152. The average Bonchev–Trinajstić information content (AvgIpc) is 3.62. The molecule has 8 rings (SSSR count). The number of rotatable bonds is 9. The van der Waals surface area contributed by atoms with Gasteiger partial charge in [0.05, 0.1) is 41.6 Å². The number of hydrogen-bond acceptors (Lipinski definition) is 7. The Morgan fingerprint density at radius 3 is 2.50 bits per heavy atom. The first-order chi connectivity index (χ1) is 21.3. The average molecular weight is 636 g/mol. The highest BCUT2D eigenvalue weighted by molar-refractivity contribution is 6.39. The normalized spacial score (nSPS) is 22.4. The van der Waals surface area contributed by atoms with Crippen LogP contribution in [0.5, 0.6) is 0 Å². The minimum atomic E-state index is -0.446. The van der Waals surface area contributed by atoms with E-state index in [1.54, 1.807) is 41.2 Å². The van der Waals surface area contributed by atoms with Crippen LogP contribution < -0.4 is 5.32 Å². The lowest BCUT2D eigenvalue weighted by molar-refractivity contribution is -0.142. The summed E-state index contributed by atoms with van der Waals surface area (Å²) in [7, 11) is 3.16. The first-order valence-corrected chi connectivity index (χ1v) is 15.6. The molecule has 9 nitrogen and oxygen atoms in total. The molecule has 0 saturated heterocycles. The Morgan fingerprint density at radius 2 is 1.84 bits per heavy atom. The van der Waals surface area contributed by atoms with Crippen LogP contribution in [-0.2, 0) is 27.9 Å². The fourth-order valence-electron chi connectivity index (χ4n) is 6.88. The summed E-state index contributed by atoms with van der Waals surface area (Å²) in [6.45, 7) is 0.358. The van der Waals surface area contributed by atoms with Gasteiger partial charge in [-0.2, -0.15) is 5.10 Å². The molecule has 2 heterocycles. The summed E-state index contributed by atoms with van der Waals surface area (Å²) in [6, 6.07) is 10.6. The van der Waals surface area contributed by atoms with Gasteiger partial charge in [-0.1, -0.05) is 34.4 Å². The molecule has 4 aliphatic carbocycles. The summed E-state index contributed by atoms with van der Waals surface area (Å²) in [5.41, 5.74) is 4.69. The standard InChI is InChI=1S/C33H32Cl2N4O5/c1-39-15-20(14-36-39)24-13-21(8-9-23(24)33(41)42-2)37-32(40)28-18-10-19(28)12-22(11-18)43-16-25-30(38-44-31(25)17-6-7-17)29-26(34)4-3-5-27(29)35/h3-5,8-9,13-15,17-19,22,28H,6-7,10-12,16H2,1-2H3,(H,37,40). The van der Waals surface area contributed by atoms with Crippen molar-refractivity contribution in [1.82, 2.24) is 14.9 Å². The van der Waals surface area contributed by atoms with Crippen molar-refractivity contribution in [3.05, 3.63) is 75.7 Å². The zero-order chi connectivity index (χ0) is 30.5. The van der Waals surface area contributed by atoms with Gasteiger partial charge in [0, 0.05) is 53.0 Å². The van der Waals surface area contributed by atoms with Gasteiger partial charge >= 0.3 is 5.97 Å². The molecule has 11 heteroatoms. The summed E-state index contributed by atoms with van der Waals surface area (Å²) < 4.78 is 18.9. The lowest BCUT2D eigenvalue weighted by Gasteiger charge is -2.51. The molecule has 2 atom stereocenters. The monoisotopic (exact) mass is 634 g/mol. The number of ether oxygens (including phenoxy) is 2. The summed E-state index contributed by atoms with van der Waals surface area (Å²) in [5.74, 6) is 1.18. The molecule has 4 saturated carbocycles. The van der Waals surface area contributed by atoms with E-state index < -0.39 is 5.97 Å². The number of amides is 1. The van der Waals surface area contributed by atoms with Crippen LogP contribution >= 0.6 is 23.2 Å². The number of methoxy groups -OCH3 is 1. The van der Waals surface area contributed by atoms with Gasteiger partial charge in [-0.3, -0.25) is 9.48 Å². The number of benzene rings is 2. The highest BCUT2D eigenvalue weighted by Crippen LogP contribution is 2.52. The molecular formula is C33H32Cl2N4O5. The molecule has 1 N–H and O–H groups in total. The van der Waals surface area contributed by atoms with Crippen molar-refractivity contribution < 1.29 is 23.6 Å². The molecule has 228 valence electrons. The van der Waals surface area contributed by atoms with Gasteiger partial charge in [0.25, 0.3) is 0 Å². The van der Waals surface area contributed by atoms with Crippen LogP contribution in [0.4, 0.5) is 5.69 Å². The van der Waals surface area contributed by atoms with Crippen LogP contribution in [0.2, 0.25) is 10.0 Å². The van der Waals surface area contributed by atoms with Crippen molar-refractivity contribution in [2.75, 3.05) is 12.4 Å². The van der Waals surface area contributed by atoms with E-state index in [-0.39, 0.29) is 29.8 Å². The number of aryl methyl sites for hydroxylation is 1. The number of aromatic nitrogens is 3. The Labute approximate surface area is 264 Å². The molecule has 4 aliphatic rings. The summed E-state index contributed by atoms with van der Waals surface area (Å²) in [5, 5.41) is 12.7. The molecule has 2 aromatic heterocycles. The number of carbonyl (C=O) groups is 2. The number of esters is 1. The number of fused-ring (bicyclic) bond motifs is 2. The summed E-state index contributed by atoms with van der Waals surface area (Å²) in [6.07, 6.45) is 8.31. The van der Waals surface area contributed by atoms with Crippen LogP contribution in [0.1, 0.15) is 59.7 Å². The van der Waals surface area contributed by atoms with Gasteiger partial charge in [0.2, 0.25) is 5.91 Å². The zero-order valence-corrected chi connectivity index (χ0v) is 25.9. The van der Waals surface area contributed by atoms with Crippen molar-refractivity contribution in [2.24, 2.45) is 24.8 Å². The number of halogens is 2. The number of nitrogens with one attached hydrogen (secondary N) is 1. The molecule has 4 aromatic rings. The first kappa shape index (κ1) is 29.1. The smallest absolute Gasteiger partial charge is 0.338 e. The fourth-order valence-corrected chi connectivity index (χ4v) is 7.45. The Morgan fingerprint density at radius 1 is 1.09 bits per heavy atom. The highest BCUT2D eigenvalue weighted by atomic mass is 35.5. The van der Waals surface area contributed by atoms with E-state index in [4.69, 9.17) is 37.2 Å². The third-order valence-electron chi connectivity index (χ3n) is 9.19. The van der Waals surface area contributed by atoms with E-state index >= 15 is 0 Å². The number of hydrogen-bond donors (Lipinski definition) is 1. The molecule has 0 aliphatic heterocycles. The van der Waals surface area contributed by atoms with E-state index in [2.05, 4.69) is 15.6 Å². The topological polar surface area (TPSA) is 108 Å². The molecular weight excluding hydrogens is 603 g/mol. The van der Waals surface area contributed by atoms with Crippen molar-refractivity contribution in [3.8, 4) is 22.4 Å². The quantitative estimate of drug-likeness (QED) is 0.193. The van der Waals surface area contributed by atoms with Gasteiger partial charge in [-0.15, -0.1) is 0 Å². The number of anilines is 1. The second kappa shape index (κ2) is 11.7. The summed E-state index contributed by atoms with van der Waals surface area (Å²) >= 11 is 13.0. The zero-order valence-electron chi connectivity index (χ0n) is 24.4. The lowest BCUT2D eigenvalue weighted by Crippen LogP contribution is -2.51. The fraction of sp³-hybridized carbons (Fsp3) is 0.394. The van der Waals surface area contributed by atoms with Crippen LogP contribution in [0.25, 0.3) is 22.4 Å². The van der Waals surface area contributed by atoms with E-state index in [9.17, 15) is 9.59 Å². The molecule has 4 fully saturated rings. The molecule has 2 unspecified atom stereocenters. The van der Waals surface area contributed by atoms with E-state index in [0.717, 1.165) is 49.0 Å². The maximum absolute atomic E-state index is 13.5. The van der Waals surface area contributed by atoms with Gasteiger partial charge in [0.1, 0.15) is 11.5 Å². The number of carbonyl (C=O) groups excluding carboxylic acids is 2. The van der Waals surface area contributed by atoms with Gasteiger partial charge in [-0.05, 0) is 74.3 Å². The van der Waals surface area contributed by atoms with Crippen LogP contribution in [0.15, 0.2) is 53.3 Å².